The monoisotopic (exact) mass is 357 g/mol. The maximum Gasteiger partial charge on any atom is 0.296 e. The molecule has 0 bridgehead atoms. The molecule has 1 aromatic carbocycles. The van der Waals surface area contributed by atoms with Crippen molar-refractivity contribution in [1.29, 1.82) is 0 Å². The van der Waals surface area contributed by atoms with Gasteiger partial charge in [-0.2, -0.15) is 14.9 Å². The molecule has 0 amide bonds. The number of aromatic nitrogens is 3. The Morgan fingerprint density at radius 2 is 2.20 bits per heavy atom. The van der Waals surface area contributed by atoms with Crippen LogP contribution in [0.15, 0.2) is 50.7 Å². The van der Waals surface area contributed by atoms with Gasteiger partial charge in [-0.05, 0) is 31.3 Å². The summed E-state index contributed by atoms with van der Waals surface area (Å²) in [6.45, 7) is 1.53. The summed E-state index contributed by atoms with van der Waals surface area (Å²) in [6.07, 6.45) is 1.32. The molecule has 0 fully saturated rings. The molecule has 0 spiro atoms. The van der Waals surface area contributed by atoms with Crippen LogP contribution in [0.5, 0.6) is 0 Å². The fraction of sp³-hybridized carbons (Fsp3) is 0.0667. The number of furan rings is 1. The topological polar surface area (TPSA) is 119 Å². The van der Waals surface area contributed by atoms with Gasteiger partial charge in [-0.1, -0.05) is 12.1 Å². The van der Waals surface area contributed by atoms with Crippen LogP contribution < -0.4 is 5.56 Å². The van der Waals surface area contributed by atoms with Gasteiger partial charge in [0.25, 0.3) is 11.2 Å². The van der Waals surface area contributed by atoms with Crippen LogP contribution >= 0.6 is 12.2 Å². The highest BCUT2D eigenvalue weighted by Gasteiger charge is 2.10. The lowest BCUT2D eigenvalue weighted by Gasteiger charge is -1.98. The van der Waals surface area contributed by atoms with Crippen molar-refractivity contribution in [2.24, 2.45) is 5.10 Å². The van der Waals surface area contributed by atoms with Crippen LogP contribution in [0.25, 0.3) is 11.3 Å². The van der Waals surface area contributed by atoms with Crippen LogP contribution in [0, 0.1) is 21.8 Å². The van der Waals surface area contributed by atoms with Gasteiger partial charge in [-0.3, -0.25) is 20.0 Å². The van der Waals surface area contributed by atoms with E-state index in [2.05, 4.69) is 15.3 Å². The molecule has 10 heteroatoms. The van der Waals surface area contributed by atoms with Crippen molar-refractivity contribution in [3.05, 3.63) is 73.1 Å². The Hall–Kier alpha value is -3.40. The lowest BCUT2D eigenvalue weighted by Crippen LogP contribution is -2.22. The molecule has 0 saturated heterocycles. The van der Waals surface area contributed by atoms with Gasteiger partial charge in [0, 0.05) is 17.7 Å². The first-order valence-corrected chi connectivity index (χ1v) is 7.44. The summed E-state index contributed by atoms with van der Waals surface area (Å²) in [5, 5.41) is 21.1. The van der Waals surface area contributed by atoms with E-state index in [-0.39, 0.29) is 16.2 Å². The van der Waals surface area contributed by atoms with E-state index in [4.69, 9.17) is 16.6 Å². The first kappa shape index (κ1) is 16.5. The quantitative estimate of drug-likeness (QED) is 0.332. The Balaban J connectivity index is 1.92. The Morgan fingerprint density at radius 3 is 2.96 bits per heavy atom. The number of aryl methyl sites for hydroxylation is 1. The van der Waals surface area contributed by atoms with Crippen LogP contribution in [0.1, 0.15) is 11.5 Å². The maximum atomic E-state index is 11.9. The second kappa shape index (κ2) is 6.61. The maximum absolute atomic E-state index is 11.9. The fourth-order valence-corrected chi connectivity index (χ4v) is 2.22. The lowest BCUT2D eigenvalue weighted by molar-refractivity contribution is -0.384. The molecular formula is C15H11N5O4S. The van der Waals surface area contributed by atoms with Crippen molar-refractivity contribution < 1.29 is 9.34 Å². The van der Waals surface area contributed by atoms with Gasteiger partial charge < -0.3 is 4.42 Å². The Labute approximate surface area is 145 Å². The van der Waals surface area contributed by atoms with E-state index in [1.54, 1.807) is 24.3 Å². The summed E-state index contributed by atoms with van der Waals surface area (Å²) in [7, 11) is 0. The van der Waals surface area contributed by atoms with E-state index in [1.165, 1.54) is 25.3 Å². The highest BCUT2D eigenvalue weighted by Crippen LogP contribution is 2.25. The molecule has 0 saturated carbocycles. The molecule has 0 atom stereocenters. The van der Waals surface area contributed by atoms with Crippen LogP contribution in [0.2, 0.25) is 0 Å². The third kappa shape index (κ3) is 3.43. The number of nitro groups is 1. The Kier molecular flexibility index (Phi) is 4.35. The van der Waals surface area contributed by atoms with Gasteiger partial charge in [0.2, 0.25) is 4.77 Å². The Morgan fingerprint density at radius 1 is 1.40 bits per heavy atom. The van der Waals surface area contributed by atoms with E-state index in [1.807, 2.05) is 0 Å². The SMILES string of the molecule is Cc1n[nH]c(=S)n(/N=C/c2ccc(-c3cccc([N+](=O)[O-])c3)o2)c1=O. The molecule has 0 unspecified atom stereocenters. The number of aromatic amines is 1. The standard InChI is InChI=1S/C15H11N5O4S/c1-9-14(21)19(15(25)18-17-9)16-8-12-5-6-13(24-12)10-3-2-4-11(7-10)20(22)23/h2-8H,1H3,(H,18,25)/b16-8+. The minimum atomic E-state index is -0.478. The van der Waals surface area contributed by atoms with E-state index >= 15 is 0 Å². The largest absolute Gasteiger partial charge is 0.455 e. The van der Waals surface area contributed by atoms with Crippen molar-refractivity contribution in [2.75, 3.05) is 0 Å². The summed E-state index contributed by atoms with van der Waals surface area (Å²) < 4.78 is 6.64. The van der Waals surface area contributed by atoms with E-state index in [9.17, 15) is 14.9 Å². The number of rotatable bonds is 4. The molecule has 3 aromatic rings. The van der Waals surface area contributed by atoms with Gasteiger partial charge in [0.05, 0.1) is 11.1 Å². The van der Waals surface area contributed by atoms with E-state index in [0.717, 1.165) is 4.68 Å². The number of nitrogens with one attached hydrogen (secondary N) is 1. The van der Waals surface area contributed by atoms with E-state index in [0.29, 0.717) is 17.1 Å². The van der Waals surface area contributed by atoms with Crippen LogP contribution in [0.3, 0.4) is 0 Å². The first-order valence-electron chi connectivity index (χ1n) is 7.03. The van der Waals surface area contributed by atoms with Crippen molar-refractivity contribution in [3.63, 3.8) is 0 Å². The molecule has 0 aliphatic rings. The number of hydrogen-bond acceptors (Lipinski definition) is 7. The smallest absolute Gasteiger partial charge is 0.296 e. The molecule has 3 rings (SSSR count). The Bertz CT molecular complexity index is 1100. The molecule has 0 aliphatic carbocycles. The predicted octanol–water partition coefficient (Wildman–Crippen LogP) is 2.66. The number of benzene rings is 1. The van der Waals surface area contributed by atoms with Crippen LogP contribution in [0.4, 0.5) is 5.69 Å². The molecule has 126 valence electrons. The van der Waals surface area contributed by atoms with Gasteiger partial charge in [-0.15, -0.1) is 0 Å². The summed E-state index contributed by atoms with van der Waals surface area (Å²) in [4.78, 5) is 22.3. The molecule has 2 heterocycles. The van der Waals surface area contributed by atoms with Gasteiger partial charge >= 0.3 is 0 Å². The number of non-ortho nitro benzene ring substituents is 1. The summed E-state index contributed by atoms with van der Waals surface area (Å²) in [6, 6.07) is 9.36. The predicted molar refractivity (Wildman–Crippen MR) is 92.2 cm³/mol. The minimum absolute atomic E-state index is 0.0331. The molecule has 9 nitrogen and oxygen atoms in total. The highest BCUT2D eigenvalue weighted by molar-refractivity contribution is 7.71. The summed E-state index contributed by atoms with van der Waals surface area (Å²) in [5.74, 6) is 0.797. The molecule has 0 radical (unpaired) electrons. The average Bonchev–Trinajstić information content (AvgIpc) is 3.07. The molecule has 25 heavy (non-hydrogen) atoms. The second-order valence-electron chi connectivity index (χ2n) is 4.99. The van der Waals surface area contributed by atoms with Crippen molar-refractivity contribution >= 4 is 24.1 Å². The zero-order valence-corrected chi connectivity index (χ0v) is 13.7. The van der Waals surface area contributed by atoms with E-state index < -0.39 is 10.5 Å². The van der Waals surface area contributed by atoms with Crippen LogP contribution in [-0.4, -0.2) is 26.0 Å². The van der Waals surface area contributed by atoms with Crippen molar-refractivity contribution in [1.82, 2.24) is 14.9 Å². The average molecular weight is 357 g/mol. The molecular weight excluding hydrogens is 346 g/mol. The zero-order chi connectivity index (χ0) is 18.0. The normalized spacial score (nSPS) is 11.1. The molecule has 2 aromatic heterocycles. The summed E-state index contributed by atoms with van der Waals surface area (Å²) in [5.41, 5.74) is 0.310. The second-order valence-corrected chi connectivity index (χ2v) is 5.37. The third-order valence-corrected chi connectivity index (χ3v) is 3.55. The van der Waals surface area contributed by atoms with Crippen LogP contribution in [-0.2, 0) is 0 Å². The molecule has 0 aliphatic heterocycles. The lowest BCUT2D eigenvalue weighted by atomic mass is 10.1. The third-order valence-electron chi connectivity index (χ3n) is 3.28. The van der Waals surface area contributed by atoms with Crippen molar-refractivity contribution in [3.8, 4) is 11.3 Å². The molecule has 1 N–H and O–H groups in total. The number of hydrogen-bond donors (Lipinski definition) is 1. The highest BCUT2D eigenvalue weighted by atomic mass is 32.1. The van der Waals surface area contributed by atoms with Gasteiger partial charge in [0.15, 0.2) is 0 Å². The number of H-pyrrole nitrogens is 1. The van der Waals surface area contributed by atoms with Crippen molar-refractivity contribution in [2.45, 2.75) is 6.92 Å². The summed E-state index contributed by atoms with van der Waals surface area (Å²) >= 11 is 4.97. The minimum Gasteiger partial charge on any atom is -0.455 e. The number of nitrogens with zero attached hydrogens (tertiary/aromatic N) is 4. The van der Waals surface area contributed by atoms with Gasteiger partial charge in [-0.25, -0.2) is 0 Å². The van der Waals surface area contributed by atoms with Gasteiger partial charge in [0.1, 0.15) is 17.2 Å². The zero-order valence-electron chi connectivity index (χ0n) is 12.9. The fourth-order valence-electron chi connectivity index (χ4n) is 2.04. The number of nitro benzene ring substituents is 1. The first-order chi connectivity index (χ1) is 12.0.